The van der Waals surface area contributed by atoms with Crippen molar-refractivity contribution in [1.29, 1.82) is 0 Å². The summed E-state index contributed by atoms with van der Waals surface area (Å²) in [6, 6.07) is 3.24. The second kappa shape index (κ2) is 8.47. The van der Waals surface area contributed by atoms with E-state index in [1.54, 1.807) is 24.5 Å². The number of hydrogen-bond donors (Lipinski definition) is 3. The van der Waals surface area contributed by atoms with Crippen molar-refractivity contribution in [1.82, 2.24) is 10.3 Å². The first-order valence-corrected chi connectivity index (χ1v) is 6.32. The van der Waals surface area contributed by atoms with Crippen molar-refractivity contribution >= 4 is 11.7 Å². The van der Waals surface area contributed by atoms with Crippen LogP contribution in [0.5, 0.6) is 0 Å². The molecule has 1 rings (SSSR count). The SMILES string of the molecule is CCCC(CCO)CNC(=O)Nc1ccncc1. The van der Waals surface area contributed by atoms with E-state index < -0.39 is 0 Å². The maximum atomic E-state index is 11.6. The van der Waals surface area contributed by atoms with Crippen molar-refractivity contribution in [2.24, 2.45) is 5.92 Å². The molecule has 0 saturated carbocycles. The fourth-order valence-corrected chi connectivity index (χ4v) is 1.79. The van der Waals surface area contributed by atoms with Gasteiger partial charge in [0.1, 0.15) is 0 Å². The standard InChI is InChI=1S/C13H21N3O2/c1-2-3-11(6-9-17)10-15-13(18)16-12-4-7-14-8-5-12/h4-5,7-8,11,17H,2-3,6,9-10H2,1H3,(H2,14,15,16,18). The van der Waals surface area contributed by atoms with Gasteiger partial charge < -0.3 is 15.7 Å². The van der Waals surface area contributed by atoms with Gasteiger partial charge in [-0.2, -0.15) is 0 Å². The third kappa shape index (κ3) is 5.63. The van der Waals surface area contributed by atoms with Crippen LogP contribution in [0.25, 0.3) is 0 Å². The number of aliphatic hydroxyl groups excluding tert-OH is 1. The van der Waals surface area contributed by atoms with E-state index in [0.717, 1.165) is 24.9 Å². The molecule has 1 heterocycles. The van der Waals surface area contributed by atoms with Crippen LogP contribution in [0.2, 0.25) is 0 Å². The Kier molecular flexibility index (Phi) is 6.79. The molecule has 1 aromatic rings. The summed E-state index contributed by atoms with van der Waals surface area (Å²) in [5.41, 5.74) is 0.719. The van der Waals surface area contributed by atoms with Gasteiger partial charge in [-0.25, -0.2) is 4.79 Å². The number of carbonyl (C=O) groups is 1. The predicted molar refractivity (Wildman–Crippen MR) is 71.4 cm³/mol. The van der Waals surface area contributed by atoms with E-state index in [0.29, 0.717) is 12.5 Å². The highest BCUT2D eigenvalue weighted by atomic mass is 16.3. The number of nitrogens with zero attached hydrogens (tertiary/aromatic N) is 1. The minimum atomic E-state index is -0.222. The molecule has 0 aliphatic carbocycles. The molecule has 3 N–H and O–H groups in total. The molecule has 18 heavy (non-hydrogen) atoms. The number of aliphatic hydroxyl groups is 1. The quantitative estimate of drug-likeness (QED) is 0.694. The van der Waals surface area contributed by atoms with Crippen molar-refractivity contribution in [2.75, 3.05) is 18.5 Å². The molecule has 2 amide bonds. The number of amides is 2. The highest BCUT2D eigenvalue weighted by Crippen LogP contribution is 2.09. The molecule has 0 aromatic carbocycles. The van der Waals surface area contributed by atoms with E-state index in [-0.39, 0.29) is 12.6 Å². The second-order valence-corrected chi connectivity index (χ2v) is 4.24. The number of carbonyl (C=O) groups excluding carboxylic acids is 1. The molecule has 1 atom stereocenters. The zero-order chi connectivity index (χ0) is 13.2. The summed E-state index contributed by atoms with van der Waals surface area (Å²) in [6.07, 6.45) is 6.04. The molecule has 0 radical (unpaired) electrons. The van der Waals surface area contributed by atoms with E-state index in [1.165, 1.54) is 0 Å². The van der Waals surface area contributed by atoms with E-state index in [2.05, 4.69) is 22.5 Å². The summed E-state index contributed by atoms with van der Waals surface area (Å²) in [6.45, 7) is 2.85. The van der Waals surface area contributed by atoms with Crippen LogP contribution in [0.15, 0.2) is 24.5 Å². The predicted octanol–water partition coefficient (Wildman–Crippen LogP) is 2.00. The Morgan fingerprint density at radius 1 is 1.39 bits per heavy atom. The first-order valence-electron chi connectivity index (χ1n) is 6.32. The molecule has 0 fully saturated rings. The number of aromatic nitrogens is 1. The van der Waals surface area contributed by atoms with Crippen LogP contribution in [0.4, 0.5) is 10.5 Å². The van der Waals surface area contributed by atoms with Crippen LogP contribution in [0, 0.1) is 5.92 Å². The van der Waals surface area contributed by atoms with Gasteiger partial charge in [0, 0.05) is 31.2 Å². The zero-order valence-electron chi connectivity index (χ0n) is 10.7. The minimum absolute atomic E-state index is 0.165. The number of nitrogens with one attached hydrogen (secondary N) is 2. The number of pyridine rings is 1. The summed E-state index contributed by atoms with van der Waals surface area (Å²) in [5.74, 6) is 0.336. The number of urea groups is 1. The Bertz CT molecular complexity index is 337. The van der Waals surface area contributed by atoms with Crippen molar-refractivity contribution in [3.05, 3.63) is 24.5 Å². The average molecular weight is 251 g/mol. The van der Waals surface area contributed by atoms with Gasteiger partial charge in [-0.05, 0) is 30.9 Å². The van der Waals surface area contributed by atoms with Crippen LogP contribution in [0.3, 0.4) is 0 Å². The van der Waals surface area contributed by atoms with E-state index in [1.807, 2.05) is 0 Å². The fourth-order valence-electron chi connectivity index (χ4n) is 1.79. The molecule has 5 heteroatoms. The van der Waals surface area contributed by atoms with Crippen molar-refractivity contribution in [3.63, 3.8) is 0 Å². The van der Waals surface area contributed by atoms with Gasteiger partial charge in [0.15, 0.2) is 0 Å². The summed E-state index contributed by atoms with van der Waals surface area (Å²) < 4.78 is 0. The lowest BCUT2D eigenvalue weighted by Crippen LogP contribution is -2.33. The number of rotatable bonds is 7. The summed E-state index contributed by atoms with van der Waals surface area (Å²) in [4.78, 5) is 15.5. The van der Waals surface area contributed by atoms with E-state index >= 15 is 0 Å². The fraction of sp³-hybridized carbons (Fsp3) is 0.538. The van der Waals surface area contributed by atoms with Crippen molar-refractivity contribution in [3.8, 4) is 0 Å². The molecule has 0 saturated heterocycles. The first-order chi connectivity index (χ1) is 8.76. The lowest BCUT2D eigenvalue weighted by atomic mass is 10.0. The summed E-state index contributed by atoms with van der Waals surface area (Å²) in [7, 11) is 0. The Morgan fingerprint density at radius 2 is 2.11 bits per heavy atom. The first kappa shape index (κ1) is 14.4. The van der Waals surface area contributed by atoms with Gasteiger partial charge in [-0.15, -0.1) is 0 Å². The van der Waals surface area contributed by atoms with Crippen LogP contribution in [0.1, 0.15) is 26.2 Å². The Labute approximate surface area is 108 Å². The van der Waals surface area contributed by atoms with Gasteiger partial charge in [-0.1, -0.05) is 13.3 Å². The third-order valence-corrected chi connectivity index (χ3v) is 2.72. The Balaban J connectivity index is 2.31. The van der Waals surface area contributed by atoms with Crippen LogP contribution in [-0.4, -0.2) is 29.3 Å². The van der Waals surface area contributed by atoms with Crippen LogP contribution >= 0.6 is 0 Å². The van der Waals surface area contributed by atoms with Crippen LogP contribution in [-0.2, 0) is 0 Å². The Morgan fingerprint density at radius 3 is 2.72 bits per heavy atom. The zero-order valence-corrected chi connectivity index (χ0v) is 10.7. The molecule has 5 nitrogen and oxygen atoms in total. The largest absolute Gasteiger partial charge is 0.396 e. The van der Waals surface area contributed by atoms with Gasteiger partial charge in [0.25, 0.3) is 0 Å². The van der Waals surface area contributed by atoms with Gasteiger partial charge in [0.05, 0.1) is 0 Å². The van der Waals surface area contributed by atoms with Gasteiger partial charge >= 0.3 is 6.03 Å². The normalized spacial score (nSPS) is 11.9. The highest BCUT2D eigenvalue weighted by molar-refractivity contribution is 5.89. The lowest BCUT2D eigenvalue weighted by Gasteiger charge is -2.15. The van der Waals surface area contributed by atoms with E-state index in [9.17, 15) is 4.79 Å². The van der Waals surface area contributed by atoms with Gasteiger partial charge in [0.2, 0.25) is 0 Å². The monoisotopic (exact) mass is 251 g/mol. The molecule has 0 aliphatic heterocycles. The topological polar surface area (TPSA) is 74.2 Å². The second-order valence-electron chi connectivity index (χ2n) is 4.24. The van der Waals surface area contributed by atoms with E-state index in [4.69, 9.17) is 5.11 Å². The number of anilines is 1. The molecule has 1 aromatic heterocycles. The minimum Gasteiger partial charge on any atom is -0.396 e. The van der Waals surface area contributed by atoms with Crippen molar-refractivity contribution in [2.45, 2.75) is 26.2 Å². The van der Waals surface area contributed by atoms with Crippen LogP contribution < -0.4 is 10.6 Å². The molecule has 0 bridgehead atoms. The smallest absolute Gasteiger partial charge is 0.319 e. The maximum Gasteiger partial charge on any atom is 0.319 e. The molecule has 1 unspecified atom stereocenters. The number of hydrogen-bond acceptors (Lipinski definition) is 3. The Hall–Kier alpha value is -1.62. The summed E-state index contributed by atoms with van der Waals surface area (Å²) >= 11 is 0. The molecule has 0 spiro atoms. The third-order valence-electron chi connectivity index (χ3n) is 2.72. The lowest BCUT2D eigenvalue weighted by molar-refractivity contribution is 0.237. The van der Waals surface area contributed by atoms with Gasteiger partial charge in [-0.3, -0.25) is 4.98 Å². The maximum absolute atomic E-state index is 11.6. The molecular weight excluding hydrogens is 230 g/mol. The molecule has 0 aliphatic rings. The van der Waals surface area contributed by atoms with Crippen molar-refractivity contribution < 1.29 is 9.90 Å². The highest BCUT2D eigenvalue weighted by Gasteiger charge is 2.09. The molecular formula is C13H21N3O2. The average Bonchev–Trinajstić information content (AvgIpc) is 2.38. The molecule has 100 valence electrons. The summed E-state index contributed by atoms with van der Waals surface area (Å²) in [5, 5.41) is 14.5.